The number of thioether (sulfide) groups is 1. The van der Waals surface area contributed by atoms with E-state index in [1.165, 1.54) is 55.2 Å². The molecule has 2 saturated heterocycles. The Hall–Kier alpha value is -3.70. The number of hydrogen-bond acceptors (Lipinski definition) is 9. The number of rotatable bonds is 7. The highest BCUT2D eigenvalue weighted by atomic mass is 127. The highest BCUT2D eigenvalue weighted by molar-refractivity contribution is 14.1. The van der Waals surface area contributed by atoms with Crippen molar-refractivity contribution in [2.24, 2.45) is 0 Å². The zero-order chi connectivity index (χ0) is 43.9. The summed E-state index contributed by atoms with van der Waals surface area (Å²) in [5.74, 6) is 12.5. The van der Waals surface area contributed by atoms with Crippen molar-refractivity contribution in [3.8, 4) is 29.4 Å². The molecule has 7 rings (SSSR count). The van der Waals surface area contributed by atoms with Crippen molar-refractivity contribution in [1.82, 2.24) is 30.0 Å². The van der Waals surface area contributed by atoms with E-state index in [4.69, 9.17) is 57.9 Å². The number of aromatic nitrogens is 4. The number of nitrogens with one attached hydrogen (secondary N) is 1. The smallest absolute Gasteiger partial charge is 0.234 e. The molecule has 0 bridgehead atoms. The number of tetrazole rings is 1. The van der Waals surface area contributed by atoms with Gasteiger partial charge in [-0.15, -0.1) is 5.10 Å². The molecule has 1 amide bonds. The summed E-state index contributed by atoms with van der Waals surface area (Å²) in [4.78, 5) is 17.3. The zero-order valence-electron chi connectivity index (χ0n) is 34.3. The first-order chi connectivity index (χ1) is 29.2. The van der Waals surface area contributed by atoms with Crippen LogP contribution in [0.25, 0.3) is 5.69 Å². The van der Waals surface area contributed by atoms with Crippen molar-refractivity contribution in [3.63, 3.8) is 0 Å². The number of hydrogen-bond donors (Lipinski definition) is 3. The zero-order valence-corrected chi connectivity index (χ0v) is 40.2. The minimum Gasteiger partial charge on any atom is -0.398 e. The highest BCUT2D eigenvalue weighted by Gasteiger charge is 2.19. The number of likely N-dealkylation sites (tertiary alicyclic amines) is 2. The number of anilines is 3. The van der Waals surface area contributed by atoms with Gasteiger partial charge in [0.1, 0.15) is 0 Å². The maximum atomic E-state index is 12.6. The van der Waals surface area contributed by atoms with Gasteiger partial charge in [-0.2, -0.15) is 4.68 Å². The predicted octanol–water partition coefficient (Wildman–Crippen LogP) is 10.3. The molecule has 4 aromatic carbocycles. The van der Waals surface area contributed by atoms with Gasteiger partial charge in [-0.1, -0.05) is 109 Å². The quantitative estimate of drug-likeness (QED) is 0.0631. The Labute approximate surface area is 396 Å². The maximum Gasteiger partial charge on any atom is 0.234 e. The molecule has 5 N–H and O–H groups in total. The van der Waals surface area contributed by atoms with Crippen LogP contribution in [0.3, 0.4) is 0 Å². The van der Waals surface area contributed by atoms with Crippen LogP contribution in [0.1, 0.15) is 63.1 Å². The Bertz CT molecular complexity index is 2410. The fraction of sp³-hybridized carbons (Fsp3) is 0.333. The van der Waals surface area contributed by atoms with Gasteiger partial charge >= 0.3 is 0 Å². The van der Waals surface area contributed by atoms with Crippen LogP contribution in [0.5, 0.6) is 0 Å². The topological polar surface area (TPSA) is 131 Å². The number of carbonyl (C=O) groups is 1. The number of nitrogens with zero attached hydrogens (tertiary/aromatic N) is 6. The van der Waals surface area contributed by atoms with Gasteiger partial charge < -0.3 is 16.8 Å². The summed E-state index contributed by atoms with van der Waals surface area (Å²) in [6, 6.07) is 22.3. The third kappa shape index (κ3) is 15.6. The molecule has 0 spiro atoms. The molecule has 320 valence electrons. The van der Waals surface area contributed by atoms with Crippen molar-refractivity contribution in [2.75, 3.05) is 61.8 Å². The van der Waals surface area contributed by atoms with Crippen LogP contribution in [-0.2, 0) is 10.2 Å². The largest absolute Gasteiger partial charge is 0.398 e. The van der Waals surface area contributed by atoms with E-state index >= 15 is 0 Å². The summed E-state index contributed by atoms with van der Waals surface area (Å²) in [5.41, 5.74) is 16.3. The fourth-order valence-electron chi connectivity index (χ4n) is 6.07. The van der Waals surface area contributed by atoms with E-state index in [1.54, 1.807) is 24.3 Å². The molecule has 0 aliphatic carbocycles. The molecule has 0 radical (unpaired) electrons. The summed E-state index contributed by atoms with van der Waals surface area (Å²) in [7, 11) is 0. The van der Waals surface area contributed by atoms with E-state index in [0.29, 0.717) is 48.0 Å². The van der Waals surface area contributed by atoms with E-state index in [1.807, 2.05) is 48.5 Å². The van der Waals surface area contributed by atoms with Crippen molar-refractivity contribution in [1.29, 1.82) is 0 Å². The fourth-order valence-corrected chi connectivity index (χ4v) is 8.28. The second-order valence-electron chi connectivity index (χ2n) is 15.3. The number of carbonyl (C=O) groups excluding carboxylic acids is 1. The standard InChI is InChI=1S/C26H28Cl2N6OS.C13H15ClN2.C6H5ClIN/c1-26(2,3)19-9-11-23(21(28)16-19)34-25(30-31-32-34)36-17-24(35)29-22-10-8-18(15-20(22)27)7-6-14-33-12-4-5-13-33;14-12-10-11(5-6-13(12)15)4-3-9-16-7-1-2-8-16;7-5-3-4(8)1-2-6(5)9/h8-11,15-16H,4-5,12-14,17H2,1-3H3,(H,29,35);5-6,10H,1-2,7-9,15H2;1-3H,9H2. The minimum atomic E-state index is -0.224. The number of halogens is 5. The van der Waals surface area contributed by atoms with Crippen LogP contribution in [-0.4, -0.2) is 80.9 Å². The van der Waals surface area contributed by atoms with E-state index in [-0.39, 0.29) is 17.1 Å². The molecule has 10 nitrogen and oxygen atoms in total. The summed E-state index contributed by atoms with van der Waals surface area (Å²) in [5, 5.41) is 17.4. The number of benzene rings is 4. The van der Waals surface area contributed by atoms with Crippen LogP contribution in [0.2, 0.25) is 20.1 Å². The third-order valence-corrected chi connectivity index (χ3v) is 12.3. The van der Waals surface area contributed by atoms with E-state index < -0.39 is 0 Å². The Morgan fingerprint density at radius 1 is 0.754 bits per heavy atom. The van der Waals surface area contributed by atoms with Crippen LogP contribution in [0.4, 0.5) is 17.1 Å². The van der Waals surface area contributed by atoms with Gasteiger partial charge in [-0.05, 0) is 163 Å². The molecular formula is C45H48Cl4IN9OS. The average molecular weight is 1030 g/mol. The molecule has 16 heteroatoms. The Kier molecular flexibility index (Phi) is 18.7. The number of nitrogens with two attached hydrogens (primary N) is 2. The van der Waals surface area contributed by atoms with Gasteiger partial charge in [0.05, 0.1) is 61.7 Å². The molecule has 0 unspecified atom stereocenters. The number of nitrogen functional groups attached to an aromatic ring is 2. The molecule has 2 aliphatic heterocycles. The van der Waals surface area contributed by atoms with Gasteiger partial charge in [-0.3, -0.25) is 14.6 Å². The van der Waals surface area contributed by atoms with Gasteiger partial charge in [0, 0.05) is 14.7 Å². The molecule has 1 aromatic heterocycles. The van der Waals surface area contributed by atoms with Gasteiger partial charge in [0.2, 0.25) is 11.1 Å². The molecule has 3 heterocycles. The minimum absolute atomic E-state index is 0.0297. The van der Waals surface area contributed by atoms with E-state index in [9.17, 15) is 4.79 Å². The highest BCUT2D eigenvalue weighted by Crippen LogP contribution is 2.31. The summed E-state index contributed by atoms with van der Waals surface area (Å²) in [6.45, 7) is 12.6. The molecular weight excluding hydrogens is 983 g/mol. The first-order valence-electron chi connectivity index (χ1n) is 19.7. The Morgan fingerprint density at radius 3 is 1.84 bits per heavy atom. The van der Waals surface area contributed by atoms with Gasteiger partial charge in [-0.25, -0.2) is 0 Å². The molecule has 0 atom stereocenters. The molecule has 5 aromatic rings. The van der Waals surface area contributed by atoms with E-state index in [2.05, 4.69) is 97.7 Å². The van der Waals surface area contributed by atoms with Crippen LogP contribution >= 0.6 is 80.8 Å². The summed E-state index contributed by atoms with van der Waals surface area (Å²) < 4.78 is 2.64. The molecule has 0 saturated carbocycles. The van der Waals surface area contributed by atoms with Crippen molar-refractivity contribution in [3.05, 3.63) is 113 Å². The lowest BCUT2D eigenvalue weighted by Crippen LogP contribution is -2.18. The summed E-state index contributed by atoms with van der Waals surface area (Å²) in [6.07, 6.45) is 5.09. The predicted molar refractivity (Wildman–Crippen MR) is 263 cm³/mol. The van der Waals surface area contributed by atoms with Crippen molar-refractivity contribution < 1.29 is 4.79 Å². The van der Waals surface area contributed by atoms with Crippen molar-refractivity contribution in [2.45, 2.75) is 57.0 Å². The lowest BCUT2D eigenvalue weighted by Gasteiger charge is -2.20. The molecule has 2 aliphatic rings. The molecule has 61 heavy (non-hydrogen) atoms. The molecule has 2 fully saturated rings. The Balaban J connectivity index is 0.000000229. The normalized spacial score (nSPS) is 13.8. The maximum absolute atomic E-state index is 12.6. The SMILES string of the molecule is CC(C)(C)c1ccc(-n2nnnc2SCC(=O)Nc2ccc(C#CCN3CCCC3)cc2Cl)c(Cl)c1.Nc1ccc(C#CCN2CCCC2)cc1Cl.Nc1ccc(I)cc1Cl. The van der Waals surface area contributed by atoms with E-state index in [0.717, 1.165) is 46.4 Å². The lowest BCUT2D eigenvalue weighted by molar-refractivity contribution is -0.113. The Morgan fingerprint density at radius 2 is 1.31 bits per heavy atom. The summed E-state index contributed by atoms with van der Waals surface area (Å²) >= 11 is 27.9. The average Bonchev–Trinajstić information content (AvgIpc) is 4.03. The second kappa shape index (κ2) is 23.7. The van der Waals surface area contributed by atoms with Crippen LogP contribution in [0.15, 0.2) is 78.0 Å². The van der Waals surface area contributed by atoms with Crippen LogP contribution in [0, 0.1) is 27.3 Å². The number of amides is 1. The first-order valence-corrected chi connectivity index (χ1v) is 23.2. The second-order valence-corrected chi connectivity index (χ2v) is 19.1. The van der Waals surface area contributed by atoms with Gasteiger partial charge in [0.25, 0.3) is 0 Å². The van der Waals surface area contributed by atoms with Crippen molar-refractivity contribution >= 4 is 104 Å². The lowest BCUT2D eigenvalue weighted by atomic mass is 9.87. The third-order valence-electron chi connectivity index (χ3n) is 9.49. The first kappa shape index (κ1) is 48.3. The van der Waals surface area contributed by atoms with Crippen LogP contribution < -0.4 is 16.8 Å². The monoisotopic (exact) mass is 1030 g/mol. The van der Waals surface area contributed by atoms with Gasteiger partial charge in [0.15, 0.2) is 0 Å².